The number of hydrogen-bond acceptors (Lipinski definition) is 4. The Bertz CT molecular complexity index is 587. The van der Waals surface area contributed by atoms with Gasteiger partial charge in [0, 0.05) is 22.3 Å². The molecule has 2 N–H and O–H groups in total. The van der Waals surface area contributed by atoms with Gasteiger partial charge in [-0.3, -0.25) is 0 Å². The molecule has 7 heteroatoms. The minimum atomic E-state index is 0.143. The standard InChI is InChI=1S/C11H8BrCl2N3O/c1-5-2-10(17-11(15)16-5)18-9-4-7(13)6(12)3-8(9)14/h2-4H,1H3,(H2,15,16,17). The molecule has 0 aliphatic heterocycles. The van der Waals surface area contributed by atoms with Crippen LogP contribution in [0.1, 0.15) is 5.69 Å². The van der Waals surface area contributed by atoms with E-state index >= 15 is 0 Å². The molecule has 1 aromatic carbocycles. The molecule has 0 saturated carbocycles. The normalized spacial score (nSPS) is 10.4. The Morgan fingerprint density at radius 2 is 1.89 bits per heavy atom. The van der Waals surface area contributed by atoms with Crippen LogP contribution < -0.4 is 10.5 Å². The molecule has 0 amide bonds. The van der Waals surface area contributed by atoms with E-state index < -0.39 is 0 Å². The third kappa shape index (κ3) is 3.04. The van der Waals surface area contributed by atoms with Crippen molar-refractivity contribution >= 4 is 45.1 Å². The summed E-state index contributed by atoms with van der Waals surface area (Å²) < 4.78 is 6.23. The molecule has 0 unspecified atom stereocenters. The average molecular weight is 349 g/mol. The van der Waals surface area contributed by atoms with Gasteiger partial charge in [0.2, 0.25) is 11.8 Å². The first kappa shape index (κ1) is 13.4. The Morgan fingerprint density at radius 1 is 1.17 bits per heavy atom. The Balaban J connectivity index is 2.36. The molecule has 1 aromatic heterocycles. The second-order valence-corrected chi connectivity index (χ2v) is 5.17. The van der Waals surface area contributed by atoms with Crippen molar-refractivity contribution in [2.45, 2.75) is 6.92 Å². The summed E-state index contributed by atoms with van der Waals surface area (Å²) in [7, 11) is 0. The van der Waals surface area contributed by atoms with E-state index in [0.29, 0.717) is 31.8 Å². The highest BCUT2D eigenvalue weighted by molar-refractivity contribution is 9.10. The van der Waals surface area contributed by atoms with Crippen LogP contribution in [0.25, 0.3) is 0 Å². The summed E-state index contributed by atoms with van der Waals surface area (Å²) in [5.74, 6) is 0.868. The van der Waals surface area contributed by atoms with E-state index in [1.807, 2.05) is 0 Å². The summed E-state index contributed by atoms with van der Waals surface area (Å²) in [5, 5.41) is 0.911. The monoisotopic (exact) mass is 347 g/mol. The Morgan fingerprint density at radius 3 is 2.56 bits per heavy atom. The molecule has 2 rings (SSSR count). The second kappa shape index (κ2) is 5.30. The molecule has 18 heavy (non-hydrogen) atoms. The minimum Gasteiger partial charge on any atom is -0.437 e. The predicted molar refractivity (Wildman–Crippen MR) is 75.4 cm³/mol. The number of aromatic nitrogens is 2. The van der Waals surface area contributed by atoms with Gasteiger partial charge in [0.1, 0.15) is 5.75 Å². The summed E-state index contributed by atoms with van der Waals surface area (Å²) in [4.78, 5) is 7.90. The lowest BCUT2D eigenvalue weighted by Crippen LogP contribution is -1.99. The smallest absolute Gasteiger partial charge is 0.224 e. The van der Waals surface area contributed by atoms with Gasteiger partial charge in [-0.15, -0.1) is 0 Å². The topological polar surface area (TPSA) is 61.0 Å². The van der Waals surface area contributed by atoms with Crippen molar-refractivity contribution in [2.24, 2.45) is 0 Å². The molecule has 94 valence electrons. The van der Waals surface area contributed by atoms with Crippen LogP contribution in [0.2, 0.25) is 10.0 Å². The lowest BCUT2D eigenvalue weighted by Gasteiger charge is -2.09. The highest BCUT2D eigenvalue weighted by atomic mass is 79.9. The maximum absolute atomic E-state index is 6.04. The van der Waals surface area contributed by atoms with E-state index in [2.05, 4.69) is 25.9 Å². The third-order valence-electron chi connectivity index (χ3n) is 2.04. The lowest BCUT2D eigenvalue weighted by atomic mass is 10.3. The quantitative estimate of drug-likeness (QED) is 0.825. The van der Waals surface area contributed by atoms with Gasteiger partial charge < -0.3 is 10.5 Å². The SMILES string of the molecule is Cc1cc(Oc2cc(Cl)c(Br)cc2Cl)nc(N)n1. The number of nitrogens with zero attached hydrogens (tertiary/aromatic N) is 2. The molecule has 0 atom stereocenters. The zero-order chi connectivity index (χ0) is 13.3. The van der Waals surface area contributed by atoms with Crippen molar-refractivity contribution in [3.8, 4) is 11.6 Å². The number of rotatable bonds is 2. The number of nitrogens with two attached hydrogens (primary N) is 1. The zero-order valence-corrected chi connectivity index (χ0v) is 12.3. The Hall–Kier alpha value is -1.04. The third-order valence-corrected chi connectivity index (χ3v) is 3.53. The Labute approximate surface area is 122 Å². The highest BCUT2D eigenvalue weighted by Crippen LogP contribution is 2.36. The van der Waals surface area contributed by atoms with Crippen LogP contribution in [-0.4, -0.2) is 9.97 Å². The van der Waals surface area contributed by atoms with Gasteiger partial charge in [-0.25, -0.2) is 4.98 Å². The molecule has 0 aliphatic rings. The van der Waals surface area contributed by atoms with Crippen LogP contribution in [-0.2, 0) is 0 Å². The first-order valence-electron chi connectivity index (χ1n) is 4.89. The number of anilines is 1. The van der Waals surface area contributed by atoms with Crippen molar-refractivity contribution in [3.05, 3.63) is 38.4 Å². The molecule has 0 radical (unpaired) electrons. The van der Waals surface area contributed by atoms with E-state index in [1.165, 1.54) is 0 Å². The van der Waals surface area contributed by atoms with Crippen molar-refractivity contribution in [2.75, 3.05) is 5.73 Å². The van der Waals surface area contributed by atoms with E-state index in [0.717, 1.165) is 0 Å². The largest absolute Gasteiger partial charge is 0.437 e. The van der Waals surface area contributed by atoms with E-state index in [-0.39, 0.29) is 5.95 Å². The fraction of sp³-hybridized carbons (Fsp3) is 0.0909. The van der Waals surface area contributed by atoms with Gasteiger partial charge >= 0.3 is 0 Å². The lowest BCUT2D eigenvalue weighted by molar-refractivity contribution is 0.462. The number of benzene rings is 1. The maximum Gasteiger partial charge on any atom is 0.224 e. The molecule has 0 aliphatic carbocycles. The fourth-order valence-electron chi connectivity index (χ4n) is 1.31. The maximum atomic E-state index is 6.04. The average Bonchev–Trinajstić information content (AvgIpc) is 2.24. The molecule has 0 bridgehead atoms. The summed E-state index contributed by atoms with van der Waals surface area (Å²) in [6.45, 7) is 1.79. The minimum absolute atomic E-state index is 0.143. The fourth-order valence-corrected chi connectivity index (χ4v) is 2.14. The summed E-state index contributed by atoms with van der Waals surface area (Å²) in [6.07, 6.45) is 0. The number of nitrogen functional groups attached to an aromatic ring is 1. The summed E-state index contributed by atoms with van der Waals surface area (Å²) in [6, 6.07) is 4.90. The molecule has 2 aromatic rings. The first-order valence-corrected chi connectivity index (χ1v) is 6.44. The second-order valence-electron chi connectivity index (χ2n) is 3.50. The molecule has 0 spiro atoms. The summed E-state index contributed by atoms with van der Waals surface area (Å²) >= 11 is 15.3. The molecular weight excluding hydrogens is 341 g/mol. The van der Waals surface area contributed by atoms with E-state index in [9.17, 15) is 0 Å². The van der Waals surface area contributed by atoms with Crippen molar-refractivity contribution < 1.29 is 4.74 Å². The number of ether oxygens (including phenoxy) is 1. The molecule has 0 fully saturated rings. The van der Waals surface area contributed by atoms with Crippen molar-refractivity contribution in [3.63, 3.8) is 0 Å². The van der Waals surface area contributed by atoms with Gasteiger partial charge in [0.05, 0.1) is 10.0 Å². The van der Waals surface area contributed by atoms with Crippen LogP contribution in [0.4, 0.5) is 5.95 Å². The zero-order valence-electron chi connectivity index (χ0n) is 9.25. The van der Waals surface area contributed by atoms with Crippen LogP contribution in [0.15, 0.2) is 22.7 Å². The van der Waals surface area contributed by atoms with Crippen LogP contribution in [0.5, 0.6) is 11.6 Å². The van der Waals surface area contributed by atoms with Gasteiger partial charge in [0.15, 0.2) is 0 Å². The Kier molecular flexibility index (Phi) is 3.94. The molecular formula is C11H8BrCl2N3O. The van der Waals surface area contributed by atoms with Gasteiger partial charge in [-0.2, -0.15) is 4.98 Å². The summed E-state index contributed by atoms with van der Waals surface area (Å²) in [5.41, 5.74) is 6.24. The highest BCUT2D eigenvalue weighted by Gasteiger charge is 2.09. The van der Waals surface area contributed by atoms with Crippen molar-refractivity contribution in [1.29, 1.82) is 0 Å². The van der Waals surface area contributed by atoms with Crippen LogP contribution >= 0.6 is 39.1 Å². The number of hydrogen-bond donors (Lipinski definition) is 1. The van der Waals surface area contributed by atoms with Crippen LogP contribution in [0.3, 0.4) is 0 Å². The number of aryl methyl sites for hydroxylation is 1. The first-order chi connectivity index (χ1) is 8.45. The van der Waals surface area contributed by atoms with Crippen molar-refractivity contribution in [1.82, 2.24) is 9.97 Å². The van der Waals surface area contributed by atoms with E-state index in [1.54, 1.807) is 25.1 Å². The molecule has 0 saturated heterocycles. The van der Waals surface area contributed by atoms with Gasteiger partial charge in [-0.1, -0.05) is 23.2 Å². The van der Waals surface area contributed by atoms with Crippen LogP contribution in [0, 0.1) is 6.92 Å². The molecule has 1 heterocycles. The van der Waals surface area contributed by atoms with Gasteiger partial charge in [0.25, 0.3) is 0 Å². The predicted octanol–water partition coefficient (Wildman–Crippen LogP) is 4.23. The van der Waals surface area contributed by atoms with E-state index in [4.69, 9.17) is 33.7 Å². The molecule has 4 nitrogen and oxygen atoms in total. The number of halogens is 3. The van der Waals surface area contributed by atoms with Gasteiger partial charge in [-0.05, 0) is 28.9 Å².